The van der Waals surface area contributed by atoms with Gasteiger partial charge in [-0.25, -0.2) is 22.5 Å². The molecule has 2 unspecified atom stereocenters. The number of rotatable bonds is 11. The summed E-state index contributed by atoms with van der Waals surface area (Å²) in [5.74, 6) is -1.20. The van der Waals surface area contributed by atoms with Crippen LogP contribution < -0.4 is 10.6 Å². The number of para-hydroxylation sites is 1. The highest BCUT2D eigenvalue weighted by Crippen LogP contribution is 2.44. The lowest BCUT2D eigenvalue weighted by Crippen LogP contribution is -2.38. The van der Waals surface area contributed by atoms with Crippen LogP contribution in [0.2, 0.25) is 0 Å². The lowest BCUT2D eigenvalue weighted by molar-refractivity contribution is 0.132. The highest BCUT2D eigenvalue weighted by molar-refractivity contribution is 5.91. The van der Waals surface area contributed by atoms with Crippen molar-refractivity contribution in [3.8, 4) is 11.3 Å². The second-order valence-corrected chi connectivity index (χ2v) is 10.6. The van der Waals surface area contributed by atoms with E-state index in [4.69, 9.17) is 0 Å². The van der Waals surface area contributed by atoms with Crippen LogP contribution in [0.4, 0.5) is 34.8 Å². The average Bonchev–Trinajstić information content (AvgIpc) is 3.35. The van der Waals surface area contributed by atoms with Crippen LogP contribution in [0.3, 0.4) is 0 Å². The first kappa shape index (κ1) is 29.9. The number of H-pyrrole nitrogens is 1. The van der Waals surface area contributed by atoms with Gasteiger partial charge in [-0.3, -0.25) is 0 Å². The topological polar surface area (TPSA) is 56.0 Å². The smallest absolute Gasteiger partial charge is 0.239 e. The fourth-order valence-electron chi connectivity index (χ4n) is 5.84. The lowest BCUT2D eigenvalue weighted by atomic mass is 9.93. The number of nitrogens with one attached hydrogen (secondary N) is 3. The van der Waals surface area contributed by atoms with Gasteiger partial charge in [0.25, 0.3) is 0 Å². The monoisotopic (exact) mass is 589 g/mol. The van der Waals surface area contributed by atoms with Gasteiger partial charge in [-0.1, -0.05) is 44.3 Å². The molecule has 2 atom stereocenters. The minimum Gasteiger partial charge on any atom is -0.368 e. The number of hydrogen-bond donors (Lipinski definition) is 3. The molecule has 5 nitrogen and oxygen atoms in total. The number of benzene rings is 2. The van der Waals surface area contributed by atoms with E-state index < -0.39 is 24.6 Å². The summed E-state index contributed by atoms with van der Waals surface area (Å²) in [5.41, 5.74) is 6.07. The van der Waals surface area contributed by atoms with E-state index in [0.29, 0.717) is 28.5 Å². The molecule has 0 bridgehead atoms. The summed E-state index contributed by atoms with van der Waals surface area (Å²) in [5, 5.41) is 6.41. The van der Waals surface area contributed by atoms with Gasteiger partial charge < -0.3 is 20.5 Å². The molecule has 0 aliphatic carbocycles. The SMILES string of the molecule is C=C(Nc1cc(-c2[nH]c3c(c2Nc2ccccc2F)C(=C)N(CC)C(CC)C3)ccn1)C(CC(F)F)c1ccc(F)cc1. The van der Waals surface area contributed by atoms with Gasteiger partial charge in [0.15, 0.2) is 0 Å². The number of likely N-dealkylation sites (N-methyl/N-ethyl adjacent to an activating group) is 1. The predicted octanol–water partition coefficient (Wildman–Crippen LogP) is 9.09. The minimum atomic E-state index is -2.59. The average molecular weight is 590 g/mol. The zero-order valence-corrected chi connectivity index (χ0v) is 24.2. The van der Waals surface area contributed by atoms with Crippen LogP contribution in [0.5, 0.6) is 0 Å². The van der Waals surface area contributed by atoms with Gasteiger partial charge in [0.05, 0.1) is 17.1 Å². The van der Waals surface area contributed by atoms with Gasteiger partial charge in [0.2, 0.25) is 6.43 Å². The molecule has 9 heteroatoms. The Bertz CT molecular complexity index is 1610. The Morgan fingerprint density at radius 2 is 1.84 bits per heavy atom. The molecule has 3 N–H and O–H groups in total. The van der Waals surface area contributed by atoms with Crippen LogP contribution >= 0.6 is 0 Å². The fraction of sp³-hybridized carbons (Fsp3) is 0.265. The summed E-state index contributed by atoms with van der Waals surface area (Å²) in [7, 11) is 0. The molecule has 0 spiro atoms. The highest BCUT2D eigenvalue weighted by Gasteiger charge is 2.32. The van der Waals surface area contributed by atoms with E-state index in [9.17, 15) is 17.6 Å². The van der Waals surface area contributed by atoms with Crippen molar-refractivity contribution in [2.45, 2.75) is 51.5 Å². The number of aromatic nitrogens is 2. The van der Waals surface area contributed by atoms with E-state index in [-0.39, 0.29) is 11.9 Å². The first-order valence-corrected chi connectivity index (χ1v) is 14.4. The van der Waals surface area contributed by atoms with E-state index in [0.717, 1.165) is 47.6 Å². The van der Waals surface area contributed by atoms with Gasteiger partial charge in [-0.05, 0) is 55.3 Å². The van der Waals surface area contributed by atoms with Crippen molar-refractivity contribution in [1.82, 2.24) is 14.9 Å². The van der Waals surface area contributed by atoms with E-state index >= 15 is 0 Å². The van der Waals surface area contributed by atoms with Crippen molar-refractivity contribution in [2.24, 2.45) is 0 Å². The Balaban J connectivity index is 1.53. The molecule has 1 aliphatic rings. The van der Waals surface area contributed by atoms with Crippen molar-refractivity contribution >= 4 is 22.9 Å². The number of fused-ring (bicyclic) bond motifs is 1. The molecular formula is C34H35F4N5. The molecule has 2 aromatic heterocycles. The summed E-state index contributed by atoms with van der Waals surface area (Å²) in [4.78, 5) is 10.3. The largest absolute Gasteiger partial charge is 0.368 e. The first-order chi connectivity index (χ1) is 20.7. The number of alkyl halides is 2. The van der Waals surface area contributed by atoms with Crippen LogP contribution in [-0.4, -0.2) is 33.9 Å². The Kier molecular flexibility index (Phi) is 8.89. The van der Waals surface area contributed by atoms with E-state index in [1.54, 1.807) is 30.5 Å². The van der Waals surface area contributed by atoms with Gasteiger partial charge in [-0.15, -0.1) is 0 Å². The number of hydrogen-bond acceptors (Lipinski definition) is 4. The summed E-state index contributed by atoms with van der Waals surface area (Å²) >= 11 is 0. The standard InChI is InChI=1S/C34H35F4N5/c1-5-25-18-29-32(21(4)43(25)6-2)34(41-28-10-8-7-9-27(28)36)33(42-29)23-15-16-39-31(17-23)40-20(3)26(19-30(37)38)22-11-13-24(35)14-12-22/h7-17,25-26,30,41-42H,3-6,18-19H2,1-2H3,(H,39,40). The number of anilines is 3. The lowest BCUT2D eigenvalue weighted by Gasteiger charge is -2.38. The molecule has 0 amide bonds. The van der Waals surface area contributed by atoms with Crippen molar-refractivity contribution in [1.29, 1.82) is 0 Å². The quantitative estimate of drug-likeness (QED) is 0.153. The zero-order chi connectivity index (χ0) is 30.7. The predicted molar refractivity (Wildman–Crippen MR) is 165 cm³/mol. The molecule has 4 aromatic rings. The Labute approximate surface area is 249 Å². The Morgan fingerprint density at radius 1 is 1.09 bits per heavy atom. The Morgan fingerprint density at radius 3 is 2.51 bits per heavy atom. The molecule has 224 valence electrons. The van der Waals surface area contributed by atoms with Gasteiger partial charge in [0.1, 0.15) is 17.5 Å². The maximum absolute atomic E-state index is 14.8. The van der Waals surface area contributed by atoms with Gasteiger partial charge in [0, 0.05) is 65.8 Å². The maximum atomic E-state index is 14.8. The molecular weight excluding hydrogens is 554 g/mol. The third-order valence-corrected chi connectivity index (χ3v) is 7.98. The van der Waals surface area contributed by atoms with Crippen molar-refractivity contribution in [3.05, 3.63) is 114 Å². The molecule has 2 aromatic carbocycles. The second-order valence-electron chi connectivity index (χ2n) is 10.6. The summed E-state index contributed by atoms with van der Waals surface area (Å²) in [6, 6.07) is 15.8. The number of nitrogens with zero attached hydrogens (tertiary/aromatic N) is 2. The second kappa shape index (κ2) is 12.8. The number of allylic oxidation sites excluding steroid dienone is 1. The number of pyridine rings is 1. The Hall–Kier alpha value is -4.53. The molecule has 5 rings (SSSR count). The molecule has 1 aliphatic heterocycles. The van der Waals surface area contributed by atoms with Gasteiger partial charge >= 0.3 is 0 Å². The minimum absolute atomic E-state index is 0.272. The van der Waals surface area contributed by atoms with Crippen LogP contribution in [0.15, 0.2) is 85.7 Å². The van der Waals surface area contributed by atoms with Crippen molar-refractivity contribution < 1.29 is 17.6 Å². The van der Waals surface area contributed by atoms with Gasteiger partial charge in [-0.2, -0.15) is 0 Å². The van der Waals surface area contributed by atoms with Crippen LogP contribution in [-0.2, 0) is 6.42 Å². The van der Waals surface area contributed by atoms with Crippen LogP contribution in [0.25, 0.3) is 17.0 Å². The summed E-state index contributed by atoms with van der Waals surface area (Å²) in [6.07, 6.45) is 0.250. The molecule has 0 saturated carbocycles. The van der Waals surface area contributed by atoms with Crippen LogP contribution in [0, 0.1) is 11.6 Å². The normalized spacial score (nSPS) is 15.4. The first-order valence-electron chi connectivity index (χ1n) is 14.4. The molecule has 0 radical (unpaired) electrons. The van der Waals surface area contributed by atoms with Crippen molar-refractivity contribution in [2.75, 3.05) is 17.2 Å². The molecule has 3 heterocycles. The van der Waals surface area contributed by atoms with E-state index in [1.807, 2.05) is 6.07 Å². The highest BCUT2D eigenvalue weighted by atomic mass is 19.3. The zero-order valence-electron chi connectivity index (χ0n) is 24.2. The molecule has 0 saturated heterocycles. The van der Waals surface area contributed by atoms with E-state index in [1.165, 1.54) is 30.3 Å². The van der Waals surface area contributed by atoms with Crippen molar-refractivity contribution in [3.63, 3.8) is 0 Å². The maximum Gasteiger partial charge on any atom is 0.239 e. The third-order valence-electron chi connectivity index (χ3n) is 7.98. The number of halogens is 4. The van der Waals surface area contributed by atoms with Crippen LogP contribution in [0.1, 0.15) is 49.4 Å². The summed E-state index contributed by atoms with van der Waals surface area (Å²) in [6.45, 7) is 13.5. The summed E-state index contributed by atoms with van der Waals surface area (Å²) < 4.78 is 55.4. The third kappa shape index (κ3) is 6.30. The molecule has 43 heavy (non-hydrogen) atoms. The molecule has 0 fully saturated rings. The van der Waals surface area contributed by atoms with E-state index in [2.05, 4.69) is 52.5 Å². The fourth-order valence-corrected chi connectivity index (χ4v) is 5.84. The number of aromatic amines is 1.